The zero-order valence-corrected chi connectivity index (χ0v) is 10.4. The lowest BCUT2D eigenvalue weighted by Gasteiger charge is -2.03. The third-order valence-electron chi connectivity index (χ3n) is 2.94. The van der Waals surface area contributed by atoms with Gasteiger partial charge in [0.1, 0.15) is 0 Å². The van der Waals surface area contributed by atoms with Crippen molar-refractivity contribution in [3.05, 3.63) is 59.9 Å². The topological polar surface area (TPSA) is 17.0 Å². The maximum atomic E-state index is 3.47. The van der Waals surface area contributed by atoms with Crippen LogP contribution in [-0.2, 0) is 19.5 Å². The van der Waals surface area contributed by atoms with Crippen molar-refractivity contribution in [1.29, 1.82) is 0 Å². The average molecular weight is 228 g/mol. The van der Waals surface area contributed by atoms with Crippen LogP contribution >= 0.6 is 0 Å². The third kappa shape index (κ3) is 3.75. The first-order valence-corrected chi connectivity index (χ1v) is 6.28. The van der Waals surface area contributed by atoms with Gasteiger partial charge in [0.05, 0.1) is 0 Å². The molecule has 0 unspecified atom stereocenters. The van der Waals surface area contributed by atoms with E-state index in [0.717, 1.165) is 26.1 Å². The summed E-state index contributed by atoms with van der Waals surface area (Å²) in [5, 5.41) is 3.47. The summed E-state index contributed by atoms with van der Waals surface area (Å²) < 4.78 is 2.20. The number of aromatic nitrogens is 1. The Morgan fingerprint density at radius 1 is 1.06 bits per heavy atom. The van der Waals surface area contributed by atoms with Crippen LogP contribution in [0.15, 0.2) is 48.8 Å². The van der Waals surface area contributed by atoms with Gasteiger partial charge in [0.15, 0.2) is 0 Å². The standard InChI is InChI=1S/C15H20N2/c1-2-17-11-9-15(13-17)12-16-10-8-14-6-4-3-5-7-14/h3-7,9,11,13,16H,2,8,10,12H2,1H3. The van der Waals surface area contributed by atoms with Gasteiger partial charge in [0, 0.05) is 25.5 Å². The lowest BCUT2D eigenvalue weighted by molar-refractivity contribution is 0.683. The molecule has 1 aromatic heterocycles. The Hall–Kier alpha value is -1.54. The molecule has 17 heavy (non-hydrogen) atoms. The van der Waals surface area contributed by atoms with Crippen molar-refractivity contribution in [1.82, 2.24) is 9.88 Å². The highest BCUT2D eigenvalue weighted by Gasteiger charge is 1.95. The minimum absolute atomic E-state index is 0.958. The largest absolute Gasteiger partial charge is 0.354 e. The van der Waals surface area contributed by atoms with E-state index in [4.69, 9.17) is 0 Å². The molecule has 0 radical (unpaired) electrons. The molecule has 0 aliphatic heterocycles. The average Bonchev–Trinajstić information content (AvgIpc) is 2.84. The van der Waals surface area contributed by atoms with Crippen molar-refractivity contribution < 1.29 is 0 Å². The minimum atomic E-state index is 0.958. The van der Waals surface area contributed by atoms with E-state index >= 15 is 0 Å². The van der Waals surface area contributed by atoms with Gasteiger partial charge in [-0.3, -0.25) is 0 Å². The molecule has 0 saturated heterocycles. The van der Waals surface area contributed by atoms with Gasteiger partial charge in [-0.1, -0.05) is 30.3 Å². The van der Waals surface area contributed by atoms with Crippen LogP contribution in [0.2, 0.25) is 0 Å². The first-order valence-electron chi connectivity index (χ1n) is 6.28. The second-order valence-corrected chi connectivity index (χ2v) is 4.26. The molecular weight excluding hydrogens is 208 g/mol. The van der Waals surface area contributed by atoms with Crippen molar-refractivity contribution in [3.63, 3.8) is 0 Å². The summed E-state index contributed by atoms with van der Waals surface area (Å²) in [6.45, 7) is 5.19. The minimum Gasteiger partial charge on any atom is -0.354 e. The Morgan fingerprint density at radius 3 is 2.59 bits per heavy atom. The molecule has 0 amide bonds. The highest BCUT2D eigenvalue weighted by Crippen LogP contribution is 2.01. The van der Waals surface area contributed by atoms with Crippen LogP contribution in [-0.4, -0.2) is 11.1 Å². The van der Waals surface area contributed by atoms with Crippen LogP contribution in [0, 0.1) is 0 Å². The summed E-state index contributed by atoms with van der Waals surface area (Å²) in [5.41, 5.74) is 2.76. The van der Waals surface area contributed by atoms with Gasteiger partial charge in [-0.2, -0.15) is 0 Å². The number of hydrogen-bond donors (Lipinski definition) is 1. The van der Waals surface area contributed by atoms with Crippen LogP contribution in [0.25, 0.3) is 0 Å². The zero-order valence-electron chi connectivity index (χ0n) is 10.4. The number of nitrogens with one attached hydrogen (secondary N) is 1. The van der Waals surface area contributed by atoms with Crippen molar-refractivity contribution >= 4 is 0 Å². The Bertz CT molecular complexity index is 431. The molecule has 1 N–H and O–H groups in total. The number of rotatable bonds is 6. The molecule has 1 heterocycles. The summed E-state index contributed by atoms with van der Waals surface area (Å²) in [7, 11) is 0. The number of aryl methyl sites for hydroxylation is 1. The molecule has 2 heteroatoms. The fourth-order valence-corrected chi connectivity index (χ4v) is 1.90. The molecule has 1 aromatic carbocycles. The van der Waals surface area contributed by atoms with Crippen LogP contribution in [0.3, 0.4) is 0 Å². The van der Waals surface area contributed by atoms with Gasteiger partial charge >= 0.3 is 0 Å². The Labute approximate surface area is 103 Å². The smallest absolute Gasteiger partial charge is 0.0220 e. The van der Waals surface area contributed by atoms with E-state index in [1.807, 2.05) is 0 Å². The lowest BCUT2D eigenvalue weighted by atomic mass is 10.1. The maximum absolute atomic E-state index is 3.47. The molecule has 2 rings (SSSR count). The van der Waals surface area contributed by atoms with Gasteiger partial charge < -0.3 is 9.88 Å². The van der Waals surface area contributed by atoms with Crippen LogP contribution in [0.5, 0.6) is 0 Å². The van der Waals surface area contributed by atoms with Crippen molar-refractivity contribution in [2.45, 2.75) is 26.4 Å². The van der Waals surface area contributed by atoms with Gasteiger partial charge in [0.2, 0.25) is 0 Å². The van der Waals surface area contributed by atoms with Crippen LogP contribution in [0.1, 0.15) is 18.1 Å². The fourth-order valence-electron chi connectivity index (χ4n) is 1.90. The summed E-state index contributed by atoms with van der Waals surface area (Å²) in [5.74, 6) is 0. The molecule has 0 spiro atoms. The number of benzene rings is 1. The third-order valence-corrected chi connectivity index (χ3v) is 2.94. The first kappa shape index (κ1) is 11.9. The molecule has 0 bridgehead atoms. The lowest BCUT2D eigenvalue weighted by Crippen LogP contribution is -2.16. The molecule has 90 valence electrons. The molecule has 0 aliphatic carbocycles. The van der Waals surface area contributed by atoms with E-state index in [9.17, 15) is 0 Å². The van der Waals surface area contributed by atoms with E-state index in [2.05, 4.69) is 65.6 Å². The van der Waals surface area contributed by atoms with Crippen molar-refractivity contribution in [2.75, 3.05) is 6.54 Å². The zero-order chi connectivity index (χ0) is 11.9. The highest BCUT2D eigenvalue weighted by molar-refractivity contribution is 5.15. The van der Waals surface area contributed by atoms with Crippen molar-refractivity contribution in [2.24, 2.45) is 0 Å². The number of nitrogens with zero attached hydrogens (tertiary/aromatic N) is 1. The van der Waals surface area contributed by atoms with Crippen LogP contribution < -0.4 is 5.32 Å². The van der Waals surface area contributed by atoms with Gasteiger partial charge in [0.25, 0.3) is 0 Å². The van der Waals surface area contributed by atoms with Crippen LogP contribution in [0.4, 0.5) is 0 Å². The Balaban J connectivity index is 1.69. The van der Waals surface area contributed by atoms with E-state index in [-0.39, 0.29) is 0 Å². The molecule has 0 atom stereocenters. The predicted molar refractivity (Wildman–Crippen MR) is 72.0 cm³/mol. The summed E-state index contributed by atoms with van der Waals surface area (Å²) in [4.78, 5) is 0. The predicted octanol–water partition coefficient (Wildman–Crippen LogP) is 2.84. The molecule has 0 fully saturated rings. The normalized spacial score (nSPS) is 10.6. The van der Waals surface area contributed by atoms with Gasteiger partial charge in [-0.05, 0) is 37.1 Å². The van der Waals surface area contributed by atoms with E-state index in [0.29, 0.717) is 0 Å². The Morgan fingerprint density at radius 2 is 1.88 bits per heavy atom. The molecule has 0 saturated carbocycles. The second kappa shape index (κ2) is 6.26. The highest BCUT2D eigenvalue weighted by atomic mass is 14.9. The monoisotopic (exact) mass is 228 g/mol. The molecular formula is C15H20N2. The Kier molecular flexibility index (Phi) is 4.39. The SMILES string of the molecule is CCn1ccc(CNCCc2ccccc2)c1. The fraction of sp³-hybridized carbons (Fsp3) is 0.333. The molecule has 2 aromatic rings. The van der Waals surface area contributed by atoms with E-state index in [1.165, 1.54) is 11.1 Å². The summed E-state index contributed by atoms with van der Waals surface area (Å²) >= 11 is 0. The quantitative estimate of drug-likeness (QED) is 0.752. The van der Waals surface area contributed by atoms with Crippen molar-refractivity contribution in [3.8, 4) is 0 Å². The van der Waals surface area contributed by atoms with Gasteiger partial charge in [-0.25, -0.2) is 0 Å². The molecule has 2 nitrogen and oxygen atoms in total. The molecule has 0 aliphatic rings. The second-order valence-electron chi connectivity index (χ2n) is 4.26. The number of hydrogen-bond acceptors (Lipinski definition) is 1. The summed E-state index contributed by atoms with van der Waals surface area (Å²) in [6, 6.07) is 12.8. The first-order chi connectivity index (χ1) is 8.38. The van der Waals surface area contributed by atoms with E-state index < -0.39 is 0 Å². The van der Waals surface area contributed by atoms with E-state index in [1.54, 1.807) is 0 Å². The maximum Gasteiger partial charge on any atom is 0.0220 e. The summed E-state index contributed by atoms with van der Waals surface area (Å²) in [6.07, 6.45) is 5.43. The van der Waals surface area contributed by atoms with Gasteiger partial charge in [-0.15, -0.1) is 0 Å².